The van der Waals surface area contributed by atoms with Crippen LogP contribution in [0.25, 0.3) is 0 Å². The van der Waals surface area contributed by atoms with E-state index in [1.54, 1.807) is 0 Å². The van der Waals surface area contributed by atoms with Gasteiger partial charge in [0.2, 0.25) is 0 Å². The standard InChI is InChI=1S/C15H19BrClN3/c1-4-13(18)15(11-6-5-7-12(16)8-11)20-10(3)14(17)9(2)19-20/h5-8,13,15H,4,18H2,1-3H3. The Morgan fingerprint density at radius 2 is 2.10 bits per heavy atom. The van der Waals surface area contributed by atoms with Crippen molar-refractivity contribution < 1.29 is 0 Å². The molecule has 0 aliphatic rings. The molecule has 1 aromatic carbocycles. The molecule has 0 bridgehead atoms. The first-order valence-corrected chi connectivity index (χ1v) is 7.85. The lowest BCUT2D eigenvalue weighted by Gasteiger charge is -2.25. The Hall–Kier alpha value is -0.840. The van der Waals surface area contributed by atoms with Crippen molar-refractivity contribution in [2.75, 3.05) is 0 Å². The van der Waals surface area contributed by atoms with E-state index in [-0.39, 0.29) is 12.1 Å². The Morgan fingerprint density at radius 1 is 1.40 bits per heavy atom. The van der Waals surface area contributed by atoms with Crippen LogP contribution in [-0.4, -0.2) is 15.8 Å². The van der Waals surface area contributed by atoms with Gasteiger partial charge < -0.3 is 5.73 Å². The summed E-state index contributed by atoms with van der Waals surface area (Å²) in [6.45, 7) is 5.99. The van der Waals surface area contributed by atoms with Gasteiger partial charge in [-0.1, -0.05) is 46.6 Å². The zero-order valence-corrected chi connectivity index (χ0v) is 14.2. The number of hydrogen-bond acceptors (Lipinski definition) is 2. The van der Waals surface area contributed by atoms with Gasteiger partial charge in [0.1, 0.15) is 0 Å². The number of halogens is 2. The summed E-state index contributed by atoms with van der Waals surface area (Å²) in [5, 5.41) is 5.29. The van der Waals surface area contributed by atoms with E-state index in [9.17, 15) is 0 Å². The number of benzene rings is 1. The normalized spacial score (nSPS) is 14.3. The molecule has 20 heavy (non-hydrogen) atoms. The van der Waals surface area contributed by atoms with Crippen molar-refractivity contribution in [1.29, 1.82) is 0 Å². The van der Waals surface area contributed by atoms with E-state index in [2.05, 4.69) is 40.1 Å². The lowest BCUT2D eigenvalue weighted by molar-refractivity contribution is 0.415. The Kier molecular flexibility index (Phi) is 4.89. The van der Waals surface area contributed by atoms with E-state index in [0.717, 1.165) is 27.8 Å². The van der Waals surface area contributed by atoms with Crippen LogP contribution in [0.4, 0.5) is 0 Å². The Bertz CT molecular complexity index is 609. The highest BCUT2D eigenvalue weighted by molar-refractivity contribution is 9.10. The summed E-state index contributed by atoms with van der Waals surface area (Å²) in [7, 11) is 0. The van der Waals surface area contributed by atoms with E-state index in [1.165, 1.54) is 0 Å². The first kappa shape index (κ1) is 15.5. The van der Waals surface area contributed by atoms with Gasteiger partial charge in [0, 0.05) is 10.5 Å². The predicted octanol–water partition coefficient (Wildman–Crippen LogP) is 4.24. The van der Waals surface area contributed by atoms with Crippen LogP contribution in [0, 0.1) is 13.8 Å². The summed E-state index contributed by atoms with van der Waals surface area (Å²) in [4.78, 5) is 0. The van der Waals surface area contributed by atoms with Gasteiger partial charge in [-0.25, -0.2) is 0 Å². The molecular weight excluding hydrogens is 338 g/mol. The summed E-state index contributed by atoms with van der Waals surface area (Å²) in [6.07, 6.45) is 0.868. The van der Waals surface area contributed by atoms with Crippen molar-refractivity contribution in [1.82, 2.24) is 9.78 Å². The van der Waals surface area contributed by atoms with Crippen LogP contribution in [0.15, 0.2) is 28.7 Å². The zero-order valence-electron chi connectivity index (χ0n) is 11.9. The Balaban J connectivity index is 2.56. The average molecular weight is 357 g/mol. The molecule has 2 aromatic rings. The minimum absolute atomic E-state index is 0.0105. The van der Waals surface area contributed by atoms with Crippen molar-refractivity contribution in [2.24, 2.45) is 5.73 Å². The molecule has 108 valence electrons. The Morgan fingerprint density at radius 3 is 2.60 bits per heavy atom. The summed E-state index contributed by atoms with van der Waals surface area (Å²) >= 11 is 9.79. The van der Waals surface area contributed by atoms with Gasteiger partial charge in [0.15, 0.2) is 0 Å². The molecule has 0 aliphatic carbocycles. The highest BCUT2D eigenvalue weighted by Gasteiger charge is 2.24. The lowest BCUT2D eigenvalue weighted by atomic mass is 9.98. The summed E-state index contributed by atoms with van der Waals surface area (Å²) in [6, 6.07) is 8.16. The van der Waals surface area contributed by atoms with E-state index >= 15 is 0 Å². The topological polar surface area (TPSA) is 43.8 Å². The molecule has 0 aliphatic heterocycles. The number of hydrogen-bond donors (Lipinski definition) is 1. The van der Waals surface area contributed by atoms with Crippen LogP contribution in [0.2, 0.25) is 5.02 Å². The van der Waals surface area contributed by atoms with E-state index in [4.69, 9.17) is 17.3 Å². The monoisotopic (exact) mass is 355 g/mol. The van der Waals surface area contributed by atoms with Crippen molar-refractivity contribution in [3.63, 3.8) is 0 Å². The third-order valence-corrected chi connectivity index (χ3v) is 4.61. The van der Waals surface area contributed by atoms with Crippen molar-refractivity contribution >= 4 is 27.5 Å². The zero-order chi connectivity index (χ0) is 14.9. The molecule has 1 aromatic heterocycles. The fraction of sp³-hybridized carbons (Fsp3) is 0.400. The Labute approximate surface area is 133 Å². The molecule has 5 heteroatoms. The van der Waals surface area contributed by atoms with Gasteiger partial charge in [-0.15, -0.1) is 0 Å². The van der Waals surface area contributed by atoms with Crippen LogP contribution in [0.1, 0.15) is 36.3 Å². The highest BCUT2D eigenvalue weighted by Crippen LogP contribution is 2.29. The molecule has 2 rings (SSSR count). The molecule has 0 saturated heterocycles. The van der Waals surface area contributed by atoms with Gasteiger partial charge in [0.05, 0.1) is 22.5 Å². The molecular formula is C15H19BrClN3. The van der Waals surface area contributed by atoms with E-state index in [0.29, 0.717) is 5.02 Å². The van der Waals surface area contributed by atoms with Crippen molar-refractivity contribution in [3.8, 4) is 0 Å². The van der Waals surface area contributed by atoms with E-state index < -0.39 is 0 Å². The average Bonchev–Trinajstić information content (AvgIpc) is 2.67. The molecule has 2 atom stereocenters. The molecule has 3 nitrogen and oxygen atoms in total. The van der Waals surface area contributed by atoms with Gasteiger partial charge in [-0.2, -0.15) is 5.10 Å². The van der Waals surface area contributed by atoms with Gasteiger partial charge >= 0.3 is 0 Å². The molecule has 0 fully saturated rings. The van der Waals surface area contributed by atoms with Crippen LogP contribution < -0.4 is 5.73 Å². The van der Waals surface area contributed by atoms with E-state index in [1.807, 2.05) is 30.7 Å². The van der Waals surface area contributed by atoms with Crippen LogP contribution >= 0.6 is 27.5 Å². The fourth-order valence-electron chi connectivity index (χ4n) is 2.40. The van der Waals surface area contributed by atoms with Crippen molar-refractivity contribution in [2.45, 2.75) is 39.3 Å². The molecule has 0 amide bonds. The first-order valence-electron chi connectivity index (χ1n) is 6.68. The molecule has 0 saturated carbocycles. The van der Waals surface area contributed by atoms with Gasteiger partial charge in [0.25, 0.3) is 0 Å². The maximum atomic E-state index is 6.34. The van der Waals surface area contributed by atoms with Crippen LogP contribution in [0.3, 0.4) is 0 Å². The molecule has 1 heterocycles. The lowest BCUT2D eigenvalue weighted by Crippen LogP contribution is -2.33. The number of rotatable bonds is 4. The van der Waals surface area contributed by atoms with Crippen molar-refractivity contribution in [3.05, 3.63) is 50.7 Å². The molecule has 0 spiro atoms. The minimum Gasteiger partial charge on any atom is -0.326 e. The number of nitrogens with two attached hydrogens (primary N) is 1. The first-order chi connectivity index (χ1) is 9.45. The minimum atomic E-state index is -0.0154. The second-order valence-corrected chi connectivity index (χ2v) is 6.29. The second kappa shape index (κ2) is 6.29. The third-order valence-electron chi connectivity index (χ3n) is 3.57. The second-order valence-electron chi connectivity index (χ2n) is 5.00. The highest BCUT2D eigenvalue weighted by atomic mass is 79.9. The summed E-state index contributed by atoms with van der Waals surface area (Å²) < 4.78 is 2.99. The SMILES string of the molecule is CCC(N)C(c1cccc(Br)c1)n1nc(C)c(Cl)c1C. The number of aryl methyl sites for hydroxylation is 1. The molecule has 2 N–H and O–H groups in total. The van der Waals surface area contributed by atoms with Gasteiger partial charge in [-0.05, 0) is 38.0 Å². The summed E-state index contributed by atoms with van der Waals surface area (Å²) in [5.41, 5.74) is 9.27. The maximum Gasteiger partial charge on any atom is 0.0923 e. The molecule has 2 unspecified atom stereocenters. The summed E-state index contributed by atoms with van der Waals surface area (Å²) in [5.74, 6) is 0. The number of aromatic nitrogens is 2. The van der Waals surface area contributed by atoms with Crippen LogP contribution in [-0.2, 0) is 0 Å². The van der Waals surface area contributed by atoms with Crippen LogP contribution in [0.5, 0.6) is 0 Å². The molecule has 0 radical (unpaired) electrons. The largest absolute Gasteiger partial charge is 0.326 e. The van der Waals surface area contributed by atoms with Gasteiger partial charge in [-0.3, -0.25) is 4.68 Å². The smallest absolute Gasteiger partial charge is 0.0923 e. The predicted molar refractivity (Wildman–Crippen MR) is 87.3 cm³/mol. The maximum absolute atomic E-state index is 6.34. The quantitative estimate of drug-likeness (QED) is 0.890. The fourth-order valence-corrected chi connectivity index (χ4v) is 2.94. The number of nitrogens with zero attached hydrogens (tertiary/aromatic N) is 2. The third kappa shape index (κ3) is 2.92.